The molecule has 1 aliphatic rings. The van der Waals surface area contributed by atoms with Crippen LogP contribution in [0.15, 0.2) is 0 Å². The molecule has 1 rings (SSSR count). The lowest BCUT2D eigenvalue weighted by molar-refractivity contribution is -0.144. The van der Waals surface area contributed by atoms with Crippen molar-refractivity contribution >= 4 is 23.6 Å². The van der Waals surface area contributed by atoms with Gasteiger partial charge in [0, 0.05) is 26.2 Å². The van der Waals surface area contributed by atoms with Gasteiger partial charge in [-0.05, 0) is 27.3 Å². The third kappa shape index (κ3) is 5.71. The van der Waals surface area contributed by atoms with Crippen LogP contribution >= 0.6 is 11.8 Å². The number of nitrogens with zero attached hydrogens (tertiary/aromatic N) is 2. The average molecular weight is 302 g/mol. The molecule has 0 spiro atoms. The lowest BCUT2D eigenvalue weighted by atomic mass is 10.3. The summed E-state index contributed by atoms with van der Waals surface area (Å²) in [4.78, 5) is 28.0. The zero-order valence-electron chi connectivity index (χ0n) is 12.9. The summed E-state index contributed by atoms with van der Waals surface area (Å²) in [5.74, 6) is 0.114. The summed E-state index contributed by atoms with van der Waals surface area (Å²) in [6.07, 6.45) is -0.101. The number of esters is 1. The van der Waals surface area contributed by atoms with Gasteiger partial charge in [-0.25, -0.2) is 0 Å². The summed E-state index contributed by atoms with van der Waals surface area (Å²) in [7, 11) is 0. The largest absolute Gasteiger partial charge is 0.462 e. The number of hydrogen-bond donors (Lipinski definition) is 0. The Balaban J connectivity index is 2.31. The Morgan fingerprint density at radius 2 is 1.75 bits per heavy atom. The van der Waals surface area contributed by atoms with Crippen LogP contribution in [0.4, 0.5) is 0 Å². The molecule has 0 bridgehead atoms. The summed E-state index contributed by atoms with van der Waals surface area (Å²) in [5, 5.41) is -0.192. The van der Waals surface area contributed by atoms with E-state index in [2.05, 4.69) is 11.8 Å². The Labute approximate surface area is 126 Å². The summed E-state index contributed by atoms with van der Waals surface area (Å²) in [6.45, 7) is 12.1. The molecule has 0 aromatic heterocycles. The van der Waals surface area contributed by atoms with Crippen LogP contribution in [0.25, 0.3) is 0 Å². The second-order valence-electron chi connectivity index (χ2n) is 5.25. The SMILES string of the molecule is CCN1CCN(C(=O)C(C)SCC(=O)OC(C)C)CC1. The minimum absolute atomic E-state index is 0.101. The highest BCUT2D eigenvalue weighted by Crippen LogP contribution is 2.15. The van der Waals surface area contributed by atoms with E-state index in [9.17, 15) is 9.59 Å². The van der Waals surface area contributed by atoms with Crippen molar-refractivity contribution in [1.29, 1.82) is 0 Å². The van der Waals surface area contributed by atoms with E-state index in [0.29, 0.717) is 0 Å². The van der Waals surface area contributed by atoms with Crippen LogP contribution in [-0.4, -0.2) is 71.5 Å². The molecule has 0 aromatic carbocycles. The Morgan fingerprint density at radius 1 is 1.15 bits per heavy atom. The Bertz CT molecular complexity index is 328. The van der Waals surface area contributed by atoms with Crippen LogP contribution < -0.4 is 0 Å². The van der Waals surface area contributed by atoms with Crippen LogP contribution in [0.2, 0.25) is 0 Å². The molecule has 116 valence electrons. The van der Waals surface area contributed by atoms with Crippen LogP contribution in [0.5, 0.6) is 0 Å². The summed E-state index contributed by atoms with van der Waals surface area (Å²) >= 11 is 1.36. The average Bonchev–Trinajstić information content (AvgIpc) is 2.43. The number of likely N-dealkylation sites (N-methyl/N-ethyl adjacent to an activating group) is 1. The second kappa shape index (κ2) is 8.52. The number of rotatable bonds is 6. The van der Waals surface area contributed by atoms with Crippen LogP contribution in [0.3, 0.4) is 0 Å². The quantitative estimate of drug-likeness (QED) is 0.691. The monoisotopic (exact) mass is 302 g/mol. The van der Waals surface area contributed by atoms with E-state index < -0.39 is 0 Å². The van der Waals surface area contributed by atoms with Gasteiger partial charge >= 0.3 is 5.97 Å². The number of amides is 1. The molecule has 0 aliphatic carbocycles. The molecular formula is C14H26N2O3S. The van der Waals surface area contributed by atoms with E-state index in [1.807, 2.05) is 25.7 Å². The topological polar surface area (TPSA) is 49.9 Å². The highest BCUT2D eigenvalue weighted by Gasteiger charge is 2.25. The first kappa shape index (κ1) is 17.3. The summed E-state index contributed by atoms with van der Waals surface area (Å²) in [5.41, 5.74) is 0. The van der Waals surface area contributed by atoms with Crippen LogP contribution in [0, 0.1) is 0 Å². The third-order valence-corrected chi connectivity index (χ3v) is 4.40. The van der Waals surface area contributed by atoms with E-state index >= 15 is 0 Å². The van der Waals surface area contributed by atoms with Gasteiger partial charge in [0.1, 0.15) is 0 Å². The fourth-order valence-corrected chi connectivity index (χ4v) is 2.85. The van der Waals surface area contributed by atoms with Crippen molar-refractivity contribution in [2.45, 2.75) is 39.0 Å². The van der Waals surface area contributed by atoms with Gasteiger partial charge in [-0.15, -0.1) is 11.8 Å². The van der Waals surface area contributed by atoms with Gasteiger partial charge in [0.15, 0.2) is 0 Å². The van der Waals surface area contributed by atoms with E-state index in [1.54, 1.807) is 0 Å². The van der Waals surface area contributed by atoms with Crippen molar-refractivity contribution in [3.05, 3.63) is 0 Å². The van der Waals surface area contributed by atoms with Crippen molar-refractivity contribution in [3.8, 4) is 0 Å². The van der Waals surface area contributed by atoms with Gasteiger partial charge in [0.05, 0.1) is 17.1 Å². The molecule has 5 nitrogen and oxygen atoms in total. The molecule has 1 atom stereocenters. The zero-order chi connectivity index (χ0) is 15.1. The molecule has 1 aliphatic heterocycles. The van der Waals surface area contributed by atoms with Gasteiger partial charge in [0.2, 0.25) is 5.91 Å². The first-order chi connectivity index (χ1) is 9.43. The maximum absolute atomic E-state index is 12.3. The van der Waals surface area contributed by atoms with Gasteiger partial charge in [0.25, 0.3) is 0 Å². The van der Waals surface area contributed by atoms with E-state index in [-0.39, 0.29) is 29.0 Å². The number of carbonyl (C=O) groups is 2. The number of ether oxygens (including phenoxy) is 1. The molecule has 0 N–H and O–H groups in total. The lowest BCUT2D eigenvalue weighted by Crippen LogP contribution is -2.50. The standard InChI is InChI=1S/C14H26N2O3S/c1-5-15-6-8-16(9-7-15)14(18)12(4)20-10-13(17)19-11(2)3/h11-12H,5-10H2,1-4H3. The zero-order valence-corrected chi connectivity index (χ0v) is 13.7. The molecule has 6 heteroatoms. The minimum atomic E-state index is -0.250. The van der Waals surface area contributed by atoms with Gasteiger partial charge in [-0.2, -0.15) is 0 Å². The van der Waals surface area contributed by atoms with E-state index in [1.165, 1.54) is 11.8 Å². The first-order valence-electron chi connectivity index (χ1n) is 7.26. The lowest BCUT2D eigenvalue weighted by Gasteiger charge is -2.35. The van der Waals surface area contributed by atoms with Gasteiger partial charge in [-0.3, -0.25) is 9.59 Å². The molecule has 0 saturated carbocycles. The molecule has 1 fully saturated rings. The fourth-order valence-electron chi connectivity index (χ4n) is 2.10. The number of thioether (sulfide) groups is 1. The van der Waals surface area contributed by atoms with Crippen molar-refractivity contribution in [1.82, 2.24) is 9.80 Å². The highest BCUT2D eigenvalue weighted by atomic mass is 32.2. The molecule has 1 amide bonds. The van der Waals surface area contributed by atoms with Crippen molar-refractivity contribution in [3.63, 3.8) is 0 Å². The van der Waals surface area contributed by atoms with Crippen molar-refractivity contribution < 1.29 is 14.3 Å². The minimum Gasteiger partial charge on any atom is -0.462 e. The van der Waals surface area contributed by atoms with Crippen LogP contribution in [-0.2, 0) is 14.3 Å². The summed E-state index contributed by atoms with van der Waals surface area (Å²) < 4.78 is 5.06. The number of carbonyl (C=O) groups excluding carboxylic acids is 2. The second-order valence-corrected chi connectivity index (χ2v) is 6.58. The fraction of sp³-hybridized carbons (Fsp3) is 0.857. The smallest absolute Gasteiger partial charge is 0.316 e. The van der Waals surface area contributed by atoms with Crippen molar-refractivity contribution in [2.24, 2.45) is 0 Å². The molecule has 0 radical (unpaired) electrons. The summed E-state index contributed by atoms with van der Waals surface area (Å²) in [6, 6.07) is 0. The normalized spacial score (nSPS) is 18.1. The third-order valence-electron chi connectivity index (χ3n) is 3.30. The predicted molar refractivity (Wildman–Crippen MR) is 81.8 cm³/mol. The highest BCUT2D eigenvalue weighted by molar-refractivity contribution is 8.01. The Kier molecular flexibility index (Phi) is 7.37. The maximum atomic E-state index is 12.3. The van der Waals surface area contributed by atoms with Gasteiger partial charge < -0.3 is 14.5 Å². The van der Waals surface area contributed by atoms with Crippen LogP contribution in [0.1, 0.15) is 27.7 Å². The molecule has 0 aromatic rings. The maximum Gasteiger partial charge on any atom is 0.316 e. The van der Waals surface area contributed by atoms with Gasteiger partial charge in [-0.1, -0.05) is 6.92 Å². The molecule has 1 unspecified atom stereocenters. The predicted octanol–water partition coefficient (Wildman–Crippen LogP) is 1.22. The van der Waals surface area contributed by atoms with Crippen molar-refractivity contribution in [2.75, 3.05) is 38.5 Å². The molecule has 1 heterocycles. The number of piperazine rings is 1. The first-order valence-corrected chi connectivity index (χ1v) is 8.31. The Morgan fingerprint density at radius 3 is 2.25 bits per heavy atom. The molecular weight excluding hydrogens is 276 g/mol. The molecule has 20 heavy (non-hydrogen) atoms. The number of hydrogen-bond acceptors (Lipinski definition) is 5. The Hall–Kier alpha value is -0.750. The van der Waals surface area contributed by atoms with E-state index in [0.717, 1.165) is 32.7 Å². The molecule has 1 saturated heterocycles. The van der Waals surface area contributed by atoms with E-state index in [4.69, 9.17) is 4.74 Å².